The average Bonchev–Trinajstić information content (AvgIpc) is 2.91. The molecule has 1 aromatic carbocycles. The summed E-state index contributed by atoms with van der Waals surface area (Å²) in [7, 11) is 0. The molecule has 0 unspecified atom stereocenters. The van der Waals surface area contributed by atoms with Crippen molar-refractivity contribution in [1.29, 1.82) is 0 Å². The Morgan fingerprint density at radius 2 is 2.10 bits per heavy atom. The number of hydrogen-bond donors (Lipinski definition) is 2. The zero-order chi connectivity index (χ0) is 15.2. The number of amides is 1. The van der Waals surface area contributed by atoms with Crippen molar-refractivity contribution in [2.45, 2.75) is 20.8 Å². The Labute approximate surface area is 125 Å². The molecule has 0 aliphatic carbocycles. The van der Waals surface area contributed by atoms with Crippen LogP contribution in [0.3, 0.4) is 0 Å². The molecule has 1 aromatic heterocycles. The number of aromatic amines is 1. The number of hydrogen-bond acceptors (Lipinski definition) is 3. The van der Waals surface area contributed by atoms with E-state index in [0.29, 0.717) is 12.2 Å². The maximum absolute atomic E-state index is 11.9. The standard InChI is InChI=1S/C16H22N4O/c1-4-20(15-8-6-5-7-12(15)2)10-9-17-16(21)14-11-13(3)18-19-14/h5-8,11H,4,9-10H2,1-3H3,(H,17,21)(H,18,19). The van der Waals surface area contributed by atoms with E-state index in [1.54, 1.807) is 6.07 Å². The fourth-order valence-electron chi connectivity index (χ4n) is 2.30. The molecule has 0 aliphatic heterocycles. The second kappa shape index (κ2) is 6.92. The summed E-state index contributed by atoms with van der Waals surface area (Å²) in [5.41, 5.74) is 3.78. The average molecular weight is 286 g/mol. The normalized spacial score (nSPS) is 10.4. The maximum Gasteiger partial charge on any atom is 0.271 e. The Bertz CT molecular complexity index is 606. The number of aromatic nitrogens is 2. The number of carbonyl (C=O) groups excluding carboxylic acids is 1. The third kappa shape index (κ3) is 3.84. The summed E-state index contributed by atoms with van der Waals surface area (Å²) >= 11 is 0. The van der Waals surface area contributed by atoms with Gasteiger partial charge in [0.1, 0.15) is 5.69 Å². The summed E-state index contributed by atoms with van der Waals surface area (Å²) < 4.78 is 0. The quantitative estimate of drug-likeness (QED) is 0.856. The van der Waals surface area contributed by atoms with Crippen molar-refractivity contribution < 1.29 is 4.79 Å². The molecule has 0 bridgehead atoms. The molecule has 0 fully saturated rings. The lowest BCUT2D eigenvalue weighted by Gasteiger charge is -2.24. The van der Waals surface area contributed by atoms with Gasteiger partial charge in [-0.05, 0) is 38.5 Å². The summed E-state index contributed by atoms with van der Waals surface area (Å²) in [6.07, 6.45) is 0. The number of anilines is 1. The maximum atomic E-state index is 11.9. The minimum absolute atomic E-state index is 0.139. The van der Waals surface area contributed by atoms with E-state index < -0.39 is 0 Å². The molecule has 1 amide bonds. The molecule has 0 atom stereocenters. The van der Waals surface area contributed by atoms with E-state index in [-0.39, 0.29) is 5.91 Å². The number of para-hydroxylation sites is 1. The highest BCUT2D eigenvalue weighted by molar-refractivity contribution is 5.92. The zero-order valence-corrected chi connectivity index (χ0v) is 12.8. The number of rotatable bonds is 6. The molecule has 1 heterocycles. The van der Waals surface area contributed by atoms with Crippen LogP contribution in [0, 0.1) is 13.8 Å². The second-order valence-corrected chi connectivity index (χ2v) is 5.06. The molecule has 21 heavy (non-hydrogen) atoms. The van der Waals surface area contributed by atoms with Gasteiger partial charge >= 0.3 is 0 Å². The van der Waals surface area contributed by atoms with Crippen molar-refractivity contribution in [3.05, 3.63) is 47.3 Å². The highest BCUT2D eigenvalue weighted by Crippen LogP contribution is 2.18. The minimum Gasteiger partial charge on any atom is -0.370 e. The van der Waals surface area contributed by atoms with Crippen LogP contribution < -0.4 is 10.2 Å². The number of H-pyrrole nitrogens is 1. The molecule has 2 aromatic rings. The zero-order valence-electron chi connectivity index (χ0n) is 12.8. The first kappa shape index (κ1) is 15.1. The van der Waals surface area contributed by atoms with Crippen LogP contribution in [0.4, 0.5) is 5.69 Å². The van der Waals surface area contributed by atoms with Gasteiger partial charge in [0.05, 0.1) is 0 Å². The smallest absolute Gasteiger partial charge is 0.271 e. The number of nitrogens with one attached hydrogen (secondary N) is 2. The molecular formula is C16H22N4O. The highest BCUT2D eigenvalue weighted by Gasteiger charge is 2.10. The third-order valence-electron chi connectivity index (χ3n) is 3.44. The molecule has 0 radical (unpaired) electrons. The lowest BCUT2D eigenvalue weighted by molar-refractivity contribution is 0.0949. The van der Waals surface area contributed by atoms with Crippen molar-refractivity contribution in [1.82, 2.24) is 15.5 Å². The van der Waals surface area contributed by atoms with Crippen molar-refractivity contribution in [3.8, 4) is 0 Å². The van der Waals surface area contributed by atoms with Gasteiger partial charge < -0.3 is 10.2 Å². The van der Waals surface area contributed by atoms with E-state index >= 15 is 0 Å². The second-order valence-electron chi connectivity index (χ2n) is 5.06. The molecule has 2 N–H and O–H groups in total. The number of benzene rings is 1. The Morgan fingerprint density at radius 1 is 1.33 bits per heavy atom. The van der Waals surface area contributed by atoms with Crippen LogP contribution in [-0.2, 0) is 0 Å². The molecular weight excluding hydrogens is 264 g/mol. The van der Waals surface area contributed by atoms with Crippen LogP contribution >= 0.6 is 0 Å². The van der Waals surface area contributed by atoms with Crippen LogP contribution in [0.1, 0.15) is 28.7 Å². The van der Waals surface area contributed by atoms with Crippen molar-refractivity contribution in [3.63, 3.8) is 0 Å². The van der Waals surface area contributed by atoms with Crippen molar-refractivity contribution in [2.24, 2.45) is 0 Å². The van der Waals surface area contributed by atoms with Crippen molar-refractivity contribution >= 4 is 11.6 Å². The topological polar surface area (TPSA) is 61.0 Å². The van der Waals surface area contributed by atoms with Crippen LogP contribution in [0.2, 0.25) is 0 Å². The first-order valence-corrected chi connectivity index (χ1v) is 7.22. The monoisotopic (exact) mass is 286 g/mol. The van der Waals surface area contributed by atoms with Gasteiger partial charge in [0.25, 0.3) is 5.91 Å². The van der Waals surface area contributed by atoms with Gasteiger partial charge in [-0.25, -0.2) is 0 Å². The molecule has 5 heteroatoms. The Kier molecular flexibility index (Phi) is 4.98. The van der Waals surface area contributed by atoms with Gasteiger partial charge in [-0.3, -0.25) is 9.89 Å². The third-order valence-corrected chi connectivity index (χ3v) is 3.44. The van der Waals surface area contributed by atoms with Gasteiger partial charge in [0.2, 0.25) is 0 Å². The first-order valence-electron chi connectivity index (χ1n) is 7.22. The van der Waals surface area contributed by atoms with Gasteiger partial charge in [-0.1, -0.05) is 18.2 Å². The summed E-state index contributed by atoms with van der Waals surface area (Å²) in [4.78, 5) is 14.2. The summed E-state index contributed by atoms with van der Waals surface area (Å²) in [5, 5.41) is 9.63. The molecule has 0 spiro atoms. The molecule has 0 saturated carbocycles. The lowest BCUT2D eigenvalue weighted by Crippen LogP contribution is -2.35. The summed E-state index contributed by atoms with van der Waals surface area (Å²) in [6, 6.07) is 10.0. The summed E-state index contributed by atoms with van der Waals surface area (Å²) in [5.74, 6) is -0.139. The molecule has 0 saturated heterocycles. The van der Waals surface area contributed by atoms with E-state index in [0.717, 1.165) is 18.8 Å². The molecule has 112 valence electrons. The fourth-order valence-corrected chi connectivity index (χ4v) is 2.30. The van der Waals surface area contributed by atoms with E-state index in [1.165, 1.54) is 11.3 Å². The minimum atomic E-state index is -0.139. The Balaban J connectivity index is 1.89. The lowest BCUT2D eigenvalue weighted by atomic mass is 10.2. The number of aryl methyl sites for hydroxylation is 2. The van der Waals surface area contributed by atoms with Crippen molar-refractivity contribution in [2.75, 3.05) is 24.5 Å². The van der Waals surface area contributed by atoms with E-state index in [4.69, 9.17) is 0 Å². The van der Waals surface area contributed by atoms with E-state index in [9.17, 15) is 4.79 Å². The van der Waals surface area contributed by atoms with Crippen LogP contribution in [-0.4, -0.2) is 35.7 Å². The molecule has 2 rings (SSSR count). The van der Waals surface area contributed by atoms with Crippen LogP contribution in [0.5, 0.6) is 0 Å². The number of carbonyl (C=O) groups is 1. The van der Waals surface area contributed by atoms with Crippen LogP contribution in [0.25, 0.3) is 0 Å². The van der Waals surface area contributed by atoms with Gasteiger partial charge in [0, 0.05) is 31.0 Å². The largest absolute Gasteiger partial charge is 0.370 e. The summed E-state index contributed by atoms with van der Waals surface area (Å²) in [6.45, 7) is 8.36. The predicted molar refractivity (Wildman–Crippen MR) is 84.7 cm³/mol. The van der Waals surface area contributed by atoms with E-state index in [1.807, 2.05) is 19.1 Å². The van der Waals surface area contributed by atoms with Crippen LogP contribution in [0.15, 0.2) is 30.3 Å². The number of nitrogens with zero attached hydrogens (tertiary/aromatic N) is 2. The van der Waals surface area contributed by atoms with Gasteiger partial charge in [0.15, 0.2) is 0 Å². The SMILES string of the molecule is CCN(CCNC(=O)c1cc(C)[nH]n1)c1ccccc1C. The Hall–Kier alpha value is -2.30. The fraction of sp³-hybridized carbons (Fsp3) is 0.375. The molecule has 0 aliphatic rings. The Morgan fingerprint density at radius 3 is 2.71 bits per heavy atom. The molecule has 5 nitrogen and oxygen atoms in total. The van der Waals surface area contributed by atoms with Gasteiger partial charge in [-0.2, -0.15) is 5.10 Å². The first-order chi connectivity index (χ1) is 10.1. The van der Waals surface area contributed by atoms with E-state index in [2.05, 4.69) is 46.4 Å². The number of likely N-dealkylation sites (N-methyl/N-ethyl adjacent to an activating group) is 1. The van der Waals surface area contributed by atoms with Gasteiger partial charge in [-0.15, -0.1) is 0 Å². The predicted octanol–water partition coefficient (Wildman–Crippen LogP) is 2.28. The highest BCUT2D eigenvalue weighted by atomic mass is 16.1.